The molecule has 7 nitrogen and oxygen atoms in total. The molecule has 156 valence electrons. The van der Waals surface area contributed by atoms with E-state index in [1.807, 2.05) is 35.2 Å². The van der Waals surface area contributed by atoms with Crippen LogP contribution in [-0.4, -0.2) is 45.9 Å². The van der Waals surface area contributed by atoms with Crippen LogP contribution in [0.3, 0.4) is 0 Å². The van der Waals surface area contributed by atoms with E-state index in [4.69, 9.17) is 17.0 Å². The number of benzene rings is 2. The summed E-state index contributed by atoms with van der Waals surface area (Å²) < 4.78 is 5.77. The van der Waals surface area contributed by atoms with E-state index in [1.165, 1.54) is 23.5 Å². The summed E-state index contributed by atoms with van der Waals surface area (Å²) in [6.45, 7) is 0. The van der Waals surface area contributed by atoms with E-state index < -0.39 is 5.50 Å². The average molecular weight is 461 g/mol. The van der Waals surface area contributed by atoms with E-state index in [2.05, 4.69) is 16.0 Å². The number of amides is 2. The van der Waals surface area contributed by atoms with E-state index >= 15 is 0 Å². The highest BCUT2D eigenvalue weighted by atomic mass is 32.2. The van der Waals surface area contributed by atoms with Crippen LogP contribution in [0.1, 0.15) is 0 Å². The average Bonchev–Trinajstić information content (AvgIpc) is 3.10. The first-order valence-corrected chi connectivity index (χ1v) is 11.6. The Bertz CT molecular complexity index is 942. The molecule has 30 heavy (non-hydrogen) atoms. The fourth-order valence-corrected chi connectivity index (χ4v) is 5.63. The number of ether oxygens (including phenoxy) is 1. The monoisotopic (exact) mass is 460 g/mol. The number of fused-ring (bicyclic) bond motifs is 1. The second kappa shape index (κ2) is 9.25. The Labute approximate surface area is 188 Å². The number of rotatable bonds is 6. The molecule has 2 aromatic carbocycles. The predicted molar refractivity (Wildman–Crippen MR) is 126 cm³/mol. The summed E-state index contributed by atoms with van der Waals surface area (Å²) in [5.41, 5.74) is 1.23. The van der Waals surface area contributed by atoms with Gasteiger partial charge >= 0.3 is 0 Å². The van der Waals surface area contributed by atoms with Gasteiger partial charge in [0, 0.05) is 11.4 Å². The molecule has 2 aliphatic heterocycles. The first-order valence-electron chi connectivity index (χ1n) is 9.22. The van der Waals surface area contributed by atoms with Gasteiger partial charge in [-0.15, -0.1) is 11.8 Å². The lowest BCUT2D eigenvalue weighted by atomic mass is 10.2. The number of carbonyl (C=O) groups is 2. The molecule has 0 aromatic heterocycles. The second-order valence-electron chi connectivity index (χ2n) is 6.60. The van der Waals surface area contributed by atoms with Crippen LogP contribution in [0.4, 0.5) is 11.4 Å². The van der Waals surface area contributed by atoms with E-state index in [0.29, 0.717) is 10.0 Å². The maximum absolute atomic E-state index is 12.6. The van der Waals surface area contributed by atoms with Crippen molar-refractivity contribution in [1.29, 1.82) is 0 Å². The van der Waals surface area contributed by atoms with Gasteiger partial charge in [-0.3, -0.25) is 14.9 Å². The summed E-state index contributed by atoms with van der Waals surface area (Å²) in [5.74, 6) is 0.670. The highest BCUT2D eigenvalue weighted by Crippen LogP contribution is 2.37. The van der Waals surface area contributed by atoms with Crippen LogP contribution in [-0.2, 0) is 9.59 Å². The largest absolute Gasteiger partial charge is 0.497 e. The number of methoxy groups -OCH3 is 1. The highest BCUT2D eigenvalue weighted by Gasteiger charge is 2.47. The molecule has 10 heteroatoms. The summed E-state index contributed by atoms with van der Waals surface area (Å²) in [7, 11) is 1.59. The number of carbonyl (C=O) groups excluding carboxylic acids is 2. The van der Waals surface area contributed by atoms with Crippen molar-refractivity contribution in [2.24, 2.45) is 0 Å². The molecular weight excluding hydrogens is 440 g/mol. The maximum Gasteiger partial charge on any atom is 0.238 e. The number of hydrogen-bond acceptors (Lipinski definition) is 7. The van der Waals surface area contributed by atoms with Crippen molar-refractivity contribution in [3.05, 3.63) is 54.6 Å². The van der Waals surface area contributed by atoms with Gasteiger partial charge in [0.1, 0.15) is 27.0 Å². The van der Waals surface area contributed by atoms with Crippen molar-refractivity contribution < 1.29 is 14.3 Å². The molecule has 0 spiro atoms. The minimum atomic E-state index is -0.395. The van der Waals surface area contributed by atoms with Crippen molar-refractivity contribution in [1.82, 2.24) is 10.6 Å². The van der Waals surface area contributed by atoms with Crippen molar-refractivity contribution in [2.45, 2.75) is 16.9 Å². The van der Waals surface area contributed by atoms with Crippen LogP contribution in [0.15, 0.2) is 54.6 Å². The third kappa shape index (κ3) is 4.56. The van der Waals surface area contributed by atoms with Crippen LogP contribution in [0.5, 0.6) is 5.75 Å². The van der Waals surface area contributed by atoms with E-state index in [-0.39, 0.29) is 29.0 Å². The van der Waals surface area contributed by atoms with Crippen molar-refractivity contribution >= 4 is 63.3 Å². The lowest BCUT2D eigenvalue weighted by Gasteiger charge is -2.36. The molecule has 2 heterocycles. The first-order chi connectivity index (χ1) is 14.5. The van der Waals surface area contributed by atoms with Crippen LogP contribution in [0.2, 0.25) is 0 Å². The van der Waals surface area contributed by atoms with Crippen LogP contribution in [0.25, 0.3) is 0 Å². The molecule has 3 unspecified atom stereocenters. The van der Waals surface area contributed by atoms with E-state index in [0.717, 1.165) is 11.4 Å². The van der Waals surface area contributed by atoms with Crippen molar-refractivity contribution in [3.8, 4) is 5.75 Å². The molecule has 2 saturated heterocycles. The molecule has 0 bridgehead atoms. The summed E-state index contributed by atoms with van der Waals surface area (Å²) in [5, 5.41) is 8.85. The fourth-order valence-electron chi connectivity index (χ4n) is 3.22. The highest BCUT2D eigenvalue weighted by molar-refractivity contribution is 8.24. The number of thiocarbonyl (C=S) groups is 1. The lowest BCUT2D eigenvalue weighted by molar-refractivity contribution is -0.122. The number of anilines is 2. The van der Waals surface area contributed by atoms with Gasteiger partial charge in [-0.2, -0.15) is 0 Å². The van der Waals surface area contributed by atoms with Gasteiger partial charge in [-0.25, -0.2) is 0 Å². The number of para-hydroxylation sites is 1. The third-order valence-electron chi connectivity index (χ3n) is 4.63. The molecule has 0 aliphatic carbocycles. The Morgan fingerprint density at radius 2 is 1.97 bits per heavy atom. The van der Waals surface area contributed by atoms with Gasteiger partial charge < -0.3 is 20.3 Å². The molecule has 2 fully saturated rings. The molecule has 4 rings (SSSR count). The predicted octanol–water partition coefficient (Wildman–Crippen LogP) is 2.60. The minimum Gasteiger partial charge on any atom is -0.497 e. The van der Waals surface area contributed by atoms with E-state index in [9.17, 15) is 9.59 Å². The Morgan fingerprint density at radius 1 is 1.23 bits per heavy atom. The standard InChI is InChI=1S/C20H20N4O3S3/c1-27-14-9-7-12(8-10-14)21-15(25)11-29-19-22-17-16(18(26)23-19)30-20(28)24(17)13-5-3-2-4-6-13/h2-10,16-17,19,22H,11H2,1H3,(H,21,25)(H,23,26). The Kier molecular flexibility index (Phi) is 6.47. The zero-order chi connectivity index (χ0) is 21.1. The van der Waals surface area contributed by atoms with Gasteiger partial charge in [0.15, 0.2) is 0 Å². The number of hydrogen-bond donors (Lipinski definition) is 3. The van der Waals surface area contributed by atoms with Crippen LogP contribution >= 0.6 is 35.7 Å². The number of nitrogens with one attached hydrogen (secondary N) is 3. The summed E-state index contributed by atoms with van der Waals surface area (Å²) in [6, 6.07) is 16.9. The summed E-state index contributed by atoms with van der Waals surface area (Å²) >= 11 is 8.21. The zero-order valence-electron chi connectivity index (χ0n) is 16.0. The van der Waals surface area contributed by atoms with Gasteiger partial charge in [0.2, 0.25) is 11.8 Å². The second-order valence-corrected chi connectivity index (χ2v) is 9.47. The lowest BCUT2D eigenvalue weighted by Crippen LogP contribution is -2.64. The molecular formula is C20H20N4O3S3. The smallest absolute Gasteiger partial charge is 0.238 e. The van der Waals surface area contributed by atoms with E-state index in [1.54, 1.807) is 31.4 Å². The molecule has 2 aromatic rings. The molecule has 3 N–H and O–H groups in total. The summed E-state index contributed by atoms with van der Waals surface area (Å²) in [4.78, 5) is 26.9. The minimum absolute atomic E-state index is 0.0856. The number of nitrogens with zero attached hydrogens (tertiary/aromatic N) is 1. The van der Waals surface area contributed by atoms with Crippen LogP contribution in [0, 0.1) is 0 Å². The first kappa shape index (κ1) is 21.0. The van der Waals surface area contributed by atoms with Gasteiger partial charge in [0.05, 0.1) is 12.9 Å². The molecule has 2 amide bonds. The van der Waals surface area contributed by atoms with Gasteiger partial charge in [-0.05, 0) is 36.4 Å². The van der Waals surface area contributed by atoms with Crippen molar-refractivity contribution in [3.63, 3.8) is 0 Å². The Hall–Kier alpha value is -2.27. The normalized spacial score (nSPS) is 23.0. The molecule has 2 aliphatic rings. The molecule has 3 atom stereocenters. The Balaban J connectivity index is 1.37. The topological polar surface area (TPSA) is 82.7 Å². The quantitative estimate of drug-likeness (QED) is 0.568. The Morgan fingerprint density at radius 3 is 2.67 bits per heavy atom. The SMILES string of the molecule is COc1ccc(NC(=O)CSC2NC(=O)C3SC(=S)N(c4ccccc4)C3N2)cc1. The summed E-state index contributed by atoms with van der Waals surface area (Å²) in [6.07, 6.45) is -0.263. The van der Waals surface area contributed by atoms with Gasteiger partial charge in [-0.1, -0.05) is 42.2 Å². The van der Waals surface area contributed by atoms with Gasteiger partial charge in [0.25, 0.3) is 0 Å². The zero-order valence-corrected chi connectivity index (χ0v) is 18.5. The fraction of sp³-hybridized carbons (Fsp3) is 0.250. The van der Waals surface area contributed by atoms with Crippen LogP contribution < -0.4 is 25.6 Å². The molecule has 0 radical (unpaired) electrons. The third-order valence-corrected chi connectivity index (χ3v) is 7.26. The molecule has 0 saturated carbocycles. The number of thioether (sulfide) groups is 2. The van der Waals surface area contributed by atoms with Crippen molar-refractivity contribution in [2.75, 3.05) is 23.1 Å². The maximum atomic E-state index is 12.6.